The first-order chi connectivity index (χ1) is 11.7. The Balaban J connectivity index is 2.66. The number of hydrogen-bond acceptors (Lipinski definition) is 6. The van der Waals surface area contributed by atoms with E-state index in [1.807, 2.05) is 0 Å². The number of nitrogens with zero attached hydrogens (tertiary/aromatic N) is 4. The minimum atomic E-state index is -4.30. The van der Waals surface area contributed by atoms with Crippen molar-refractivity contribution in [1.29, 1.82) is 0 Å². The van der Waals surface area contributed by atoms with Gasteiger partial charge in [-0.1, -0.05) is 0 Å². The van der Waals surface area contributed by atoms with E-state index in [2.05, 4.69) is 5.10 Å². The fraction of sp³-hybridized carbons (Fsp3) is 0.333. The van der Waals surface area contributed by atoms with E-state index in [0.717, 1.165) is 19.1 Å². The van der Waals surface area contributed by atoms with E-state index in [9.17, 15) is 34.8 Å². The van der Waals surface area contributed by atoms with Gasteiger partial charge in [-0.15, -0.1) is 5.10 Å². The van der Waals surface area contributed by atoms with Crippen LogP contribution in [0.1, 0.15) is 12.4 Å². The van der Waals surface area contributed by atoms with Crippen LogP contribution in [0.25, 0.3) is 5.69 Å². The van der Waals surface area contributed by atoms with Gasteiger partial charge in [0.25, 0.3) is 0 Å². The van der Waals surface area contributed by atoms with Gasteiger partial charge >= 0.3 is 12.2 Å². The van der Waals surface area contributed by atoms with Gasteiger partial charge in [0, 0.05) is 6.07 Å². The number of aryl methyl sites for hydroxylation is 1. The summed E-state index contributed by atoms with van der Waals surface area (Å²) in [6, 6.07) is 2.31. The minimum absolute atomic E-state index is 0.00135. The molecule has 14 heteroatoms. The first-order valence-electron chi connectivity index (χ1n) is 6.72. The van der Waals surface area contributed by atoms with Crippen molar-refractivity contribution in [3.05, 3.63) is 40.3 Å². The van der Waals surface area contributed by atoms with E-state index in [1.54, 1.807) is 0 Å². The summed E-state index contributed by atoms with van der Waals surface area (Å²) in [7, 11) is -8.60. The Labute approximate surface area is 146 Å². The zero-order valence-corrected chi connectivity index (χ0v) is 15.2. The van der Waals surface area contributed by atoms with Crippen molar-refractivity contribution in [2.45, 2.75) is 13.5 Å². The predicted molar refractivity (Wildman–Crippen MR) is 85.9 cm³/mol. The van der Waals surface area contributed by atoms with E-state index in [1.165, 1.54) is 0 Å². The highest BCUT2D eigenvalue weighted by Crippen LogP contribution is 2.25. The summed E-state index contributed by atoms with van der Waals surface area (Å²) in [5.41, 5.74) is -2.41. The third kappa shape index (κ3) is 3.60. The molecule has 0 atom stereocenters. The molecule has 0 fully saturated rings. The third-order valence-electron chi connectivity index (χ3n) is 3.15. The molecule has 2 aromatic rings. The van der Waals surface area contributed by atoms with Gasteiger partial charge < -0.3 is 0 Å². The molecule has 0 radical (unpaired) electrons. The molecule has 0 bridgehead atoms. The highest BCUT2D eigenvalue weighted by molar-refractivity contribution is 8.09. The molecule has 0 aliphatic heterocycles. The van der Waals surface area contributed by atoms with Crippen molar-refractivity contribution in [2.24, 2.45) is 0 Å². The Morgan fingerprint density at radius 1 is 1.12 bits per heavy atom. The summed E-state index contributed by atoms with van der Waals surface area (Å²) in [6.45, 7) is -2.07. The number of aromatic nitrogens is 3. The Kier molecular flexibility index (Phi) is 4.93. The molecule has 26 heavy (non-hydrogen) atoms. The molecule has 0 saturated heterocycles. The molecule has 9 nitrogen and oxygen atoms in total. The number of rotatable bonds is 5. The number of alkyl halides is 2. The van der Waals surface area contributed by atoms with Crippen molar-refractivity contribution in [3.8, 4) is 5.69 Å². The summed E-state index contributed by atoms with van der Waals surface area (Å²) in [5, 5.41) is 3.53. The molecule has 144 valence electrons. The van der Waals surface area contributed by atoms with Gasteiger partial charge in [-0.2, -0.15) is 17.2 Å². The second-order valence-electron chi connectivity index (χ2n) is 5.25. The average molecular weight is 414 g/mol. The lowest BCUT2D eigenvalue weighted by Gasteiger charge is -2.20. The fourth-order valence-corrected chi connectivity index (χ4v) is 5.23. The largest absolute Gasteiger partial charge is 0.355 e. The van der Waals surface area contributed by atoms with Gasteiger partial charge in [-0.3, -0.25) is 0 Å². The van der Waals surface area contributed by atoms with Gasteiger partial charge in [0.15, 0.2) is 5.82 Å². The highest BCUT2D eigenvalue weighted by Gasteiger charge is 2.28. The van der Waals surface area contributed by atoms with Gasteiger partial charge in [0.2, 0.25) is 20.0 Å². The van der Waals surface area contributed by atoms with E-state index in [0.29, 0.717) is 23.3 Å². The zero-order chi connectivity index (χ0) is 20.0. The molecule has 0 N–H and O–H groups in total. The fourth-order valence-electron chi connectivity index (χ4n) is 2.27. The summed E-state index contributed by atoms with van der Waals surface area (Å²) in [4.78, 5) is 11.9. The lowest BCUT2D eigenvalue weighted by atomic mass is 10.3. The second kappa shape index (κ2) is 6.42. The Morgan fingerprint density at radius 3 is 2.04 bits per heavy atom. The van der Waals surface area contributed by atoms with E-state index >= 15 is 0 Å². The minimum Gasteiger partial charge on any atom is -0.245 e. The van der Waals surface area contributed by atoms with Crippen LogP contribution in [0.4, 0.5) is 18.9 Å². The molecule has 0 unspecified atom stereocenters. The third-order valence-corrected chi connectivity index (χ3v) is 6.40. The number of benzene rings is 1. The quantitative estimate of drug-likeness (QED) is 0.709. The number of hydrogen-bond donors (Lipinski definition) is 0. The van der Waals surface area contributed by atoms with E-state index in [-0.39, 0.29) is 14.1 Å². The smallest absolute Gasteiger partial charge is 0.245 e. The summed E-state index contributed by atoms with van der Waals surface area (Å²) in [5.74, 6) is -1.61. The van der Waals surface area contributed by atoms with Crippen LogP contribution in [0, 0.1) is 12.7 Å². The number of anilines is 1. The molecule has 0 aliphatic rings. The van der Waals surface area contributed by atoms with Crippen LogP contribution >= 0.6 is 0 Å². The monoisotopic (exact) mass is 414 g/mol. The van der Waals surface area contributed by atoms with Crippen molar-refractivity contribution < 1.29 is 30.0 Å². The SMILES string of the molecule is Cc1nn(-c2ccc(N(S(C)(=O)=O)S(C)(=O)=O)cc2F)c(=O)n1C(F)F. The first kappa shape index (κ1) is 20.0. The van der Waals surface area contributed by atoms with Gasteiger partial charge in [0.05, 0.1) is 18.2 Å². The van der Waals surface area contributed by atoms with Crippen LogP contribution in [-0.2, 0) is 20.0 Å². The van der Waals surface area contributed by atoms with Crippen LogP contribution in [0.2, 0.25) is 0 Å². The molecule has 1 aromatic carbocycles. The van der Waals surface area contributed by atoms with E-state index < -0.39 is 49.5 Å². The van der Waals surface area contributed by atoms with Crippen LogP contribution in [-0.4, -0.2) is 43.7 Å². The molecule has 2 rings (SSSR count). The molecule has 0 aliphatic carbocycles. The average Bonchev–Trinajstić information content (AvgIpc) is 2.70. The summed E-state index contributed by atoms with van der Waals surface area (Å²) in [6.07, 6.45) is 1.22. The number of sulfonamides is 2. The Morgan fingerprint density at radius 2 is 1.65 bits per heavy atom. The second-order valence-corrected chi connectivity index (χ2v) is 9.14. The molecule has 0 amide bonds. The predicted octanol–water partition coefficient (Wildman–Crippen LogP) is 0.602. The van der Waals surface area contributed by atoms with Gasteiger partial charge in [-0.25, -0.2) is 30.6 Å². The standard InChI is InChI=1S/C12H13F3N4O5S2/c1-7-16-18(12(20)17(7)11(14)15)10-5-4-8(6-9(10)13)19(25(2,21)22)26(3,23)24/h4-6,11H,1-3H3. The lowest BCUT2D eigenvalue weighted by molar-refractivity contribution is 0.0640. The molecular formula is C12H13F3N4O5S2. The van der Waals surface area contributed by atoms with Crippen molar-refractivity contribution in [2.75, 3.05) is 16.2 Å². The summed E-state index contributed by atoms with van der Waals surface area (Å²) < 4.78 is 87.2. The van der Waals surface area contributed by atoms with Crippen LogP contribution < -0.4 is 9.40 Å². The maximum absolute atomic E-state index is 14.4. The summed E-state index contributed by atoms with van der Waals surface area (Å²) >= 11 is 0. The van der Waals surface area contributed by atoms with Gasteiger partial charge in [-0.05, 0) is 19.1 Å². The number of halogens is 3. The molecule has 0 saturated carbocycles. The van der Waals surface area contributed by atoms with Crippen molar-refractivity contribution >= 4 is 25.7 Å². The van der Waals surface area contributed by atoms with Crippen LogP contribution in [0.5, 0.6) is 0 Å². The van der Waals surface area contributed by atoms with Gasteiger partial charge in [0.1, 0.15) is 11.5 Å². The molecular weight excluding hydrogens is 401 g/mol. The van der Waals surface area contributed by atoms with Crippen LogP contribution in [0.15, 0.2) is 23.0 Å². The van der Waals surface area contributed by atoms with Crippen LogP contribution in [0.3, 0.4) is 0 Å². The topological polar surface area (TPSA) is 111 Å². The maximum Gasteiger partial charge on any atom is 0.355 e. The highest BCUT2D eigenvalue weighted by atomic mass is 32.3. The van der Waals surface area contributed by atoms with Crippen molar-refractivity contribution in [3.63, 3.8) is 0 Å². The molecule has 0 spiro atoms. The van der Waals surface area contributed by atoms with Crippen molar-refractivity contribution in [1.82, 2.24) is 14.3 Å². The molecule has 1 heterocycles. The normalized spacial score (nSPS) is 12.6. The first-order valence-corrected chi connectivity index (χ1v) is 10.4. The lowest BCUT2D eigenvalue weighted by Crippen LogP contribution is -2.35. The Hall–Kier alpha value is -2.35. The zero-order valence-electron chi connectivity index (χ0n) is 13.6. The molecule has 1 aromatic heterocycles. The maximum atomic E-state index is 14.4. The van der Waals surface area contributed by atoms with E-state index in [4.69, 9.17) is 0 Å². The Bertz CT molecular complexity index is 1090.